The third kappa shape index (κ3) is 2.72. The van der Waals surface area contributed by atoms with Gasteiger partial charge in [0.1, 0.15) is 0 Å². The van der Waals surface area contributed by atoms with E-state index in [0.29, 0.717) is 0 Å². The number of rotatable bonds is 4. The van der Waals surface area contributed by atoms with Crippen LogP contribution >= 0.6 is 12.4 Å². The largest absolute Gasteiger partial charge is 0.469 e. The summed E-state index contributed by atoms with van der Waals surface area (Å²) in [5, 5.41) is 3.20. The molecular weight excluding hydrogens is 202 g/mol. The fourth-order valence-electron chi connectivity index (χ4n) is 1.83. The molecule has 1 unspecified atom stereocenters. The second-order valence-corrected chi connectivity index (χ2v) is 3.53. The molecule has 1 rings (SSSR count). The molecule has 0 amide bonds. The van der Waals surface area contributed by atoms with Gasteiger partial charge in [0, 0.05) is 6.54 Å². The van der Waals surface area contributed by atoms with Crippen molar-refractivity contribution in [1.29, 1.82) is 0 Å². The predicted molar refractivity (Wildman–Crippen MR) is 58.6 cm³/mol. The molecule has 3 nitrogen and oxygen atoms in total. The molecule has 0 radical (unpaired) electrons. The lowest BCUT2D eigenvalue weighted by Gasteiger charge is -2.24. The molecule has 0 aromatic heterocycles. The van der Waals surface area contributed by atoms with E-state index < -0.39 is 0 Å². The summed E-state index contributed by atoms with van der Waals surface area (Å²) in [5.74, 6) is -0.0839. The van der Waals surface area contributed by atoms with Crippen LogP contribution in [0.4, 0.5) is 0 Å². The van der Waals surface area contributed by atoms with Gasteiger partial charge in [-0.15, -0.1) is 19.0 Å². The molecule has 0 aromatic rings. The van der Waals surface area contributed by atoms with Gasteiger partial charge in [-0.3, -0.25) is 4.79 Å². The van der Waals surface area contributed by atoms with Gasteiger partial charge in [-0.05, 0) is 25.8 Å². The van der Waals surface area contributed by atoms with Crippen molar-refractivity contribution in [2.24, 2.45) is 5.41 Å². The van der Waals surface area contributed by atoms with Gasteiger partial charge < -0.3 is 10.1 Å². The van der Waals surface area contributed by atoms with Crippen molar-refractivity contribution in [3.05, 3.63) is 12.7 Å². The summed E-state index contributed by atoms with van der Waals surface area (Å²) in [4.78, 5) is 11.5. The van der Waals surface area contributed by atoms with E-state index in [-0.39, 0.29) is 23.8 Å². The second kappa shape index (κ2) is 6.04. The molecule has 82 valence electrons. The molecule has 1 heterocycles. The lowest BCUT2D eigenvalue weighted by Crippen LogP contribution is -2.34. The number of methoxy groups -OCH3 is 1. The Bertz CT molecular complexity index is 200. The predicted octanol–water partition coefficient (Wildman–Crippen LogP) is 1.53. The Labute approximate surface area is 91.3 Å². The van der Waals surface area contributed by atoms with Crippen LogP contribution in [0.5, 0.6) is 0 Å². The molecule has 0 saturated carbocycles. The number of nitrogens with one attached hydrogen (secondary N) is 1. The molecule has 1 atom stereocenters. The van der Waals surface area contributed by atoms with Crippen molar-refractivity contribution in [2.45, 2.75) is 19.3 Å². The average Bonchev–Trinajstić information content (AvgIpc) is 2.63. The number of ether oxygens (including phenoxy) is 1. The van der Waals surface area contributed by atoms with Crippen molar-refractivity contribution >= 4 is 18.4 Å². The summed E-state index contributed by atoms with van der Waals surface area (Å²) in [7, 11) is 1.45. The maximum atomic E-state index is 11.5. The van der Waals surface area contributed by atoms with E-state index in [1.54, 1.807) is 0 Å². The molecule has 1 fully saturated rings. The summed E-state index contributed by atoms with van der Waals surface area (Å²) < 4.78 is 4.82. The minimum Gasteiger partial charge on any atom is -0.469 e. The Kier molecular flexibility index (Phi) is 5.81. The Morgan fingerprint density at radius 3 is 2.86 bits per heavy atom. The highest BCUT2D eigenvalue weighted by atomic mass is 35.5. The number of hydrogen-bond donors (Lipinski definition) is 1. The SMILES string of the molecule is C=CCCC1(C(=O)OC)CCNC1.Cl. The number of carbonyl (C=O) groups excluding carboxylic acids is 1. The highest BCUT2D eigenvalue weighted by Gasteiger charge is 2.41. The van der Waals surface area contributed by atoms with Crippen molar-refractivity contribution in [3.63, 3.8) is 0 Å². The van der Waals surface area contributed by atoms with Gasteiger partial charge in [0.25, 0.3) is 0 Å². The van der Waals surface area contributed by atoms with Crippen LogP contribution in [-0.4, -0.2) is 26.2 Å². The summed E-state index contributed by atoms with van der Waals surface area (Å²) >= 11 is 0. The lowest BCUT2D eigenvalue weighted by atomic mass is 9.82. The molecule has 0 bridgehead atoms. The summed E-state index contributed by atoms with van der Waals surface area (Å²) in [6.45, 7) is 5.32. The van der Waals surface area contributed by atoms with Crippen LogP contribution < -0.4 is 5.32 Å². The zero-order valence-electron chi connectivity index (χ0n) is 8.54. The van der Waals surface area contributed by atoms with Crippen LogP contribution in [0.25, 0.3) is 0 Å². The molecule has 0 aliphatic carbocycles. The topological polar surface area (TPSA) is 38.3 Å². The maximum absolute atomic E-state index is 11.5. The van der Waals surface area contributed by atoms with Crippen LogP contribution in [0.2, 0.25) is 0 Å². The molecule has 0 spiro atoms. The molecule has 1 aliphatic heterocycles. The van der Waals surface area contributed by atoms with Gasteiger partial charge in [0.15, 0.2) is 0 Å². The maximum Gasteiger partial charge on any atom is 0.313 e. The van der Waals surface area contributed by atoms with E-state index in [0.717, 1.165) is 32.4 Å². The van der Waals surface area contributed by atoms with Gasteiger partial charge in [-0.2, -0.15) is 0 Å². The number of allylic oxidation sites excluding steroid dienone is 1. The monoisotopic (exact) mass is 219 g/mol. The van der Waals surface area contributed by atoms with E-state index in [2.05, 4.69) is 11.9 Å². The summed E-state index contributed by atoms with van der Waals surface area (Å²) in [5.41, 5.74) is -0.289. The second-order valence-electron chi connectivity index (χ2n) is 3.53. The van der Waals surface area contributed by atoms with Crippen molar-refractivity contribution in [3.8, 4) is 0 Å². The summed E-state index contributed by atoms with van der Waals surface area (Å²) in [6.07, 6.45) is 4.45. The first-order valence-corrected chi connectivity index (χ1v) is 4.65. The zero-order chi connectivity index (χ0) is 9.73. The number of esters is 1. The first kappa shape index (κ1) is 13.5. The van der Waals surface area contributed by atoms with Crippen LogP contribution in [0.15, 0.2) is 12.7 Å². The molecule has 14 heavy (non-hydrogen) atoms. The Balaban J connectivity index is 0.00000169. The van der Waals surface area contributed by atoms with Crippen molar-refractivity contribution in [2.75, 3.05) is 20.2 Å². The molecule has 0 aromatic carbocycles. The minimum atomic E-state index is -0.289. The van der Waals surface area contributed by atoms with Gasteiger partial charge in [0.05, 0.1) is 12.5 Å². The van der Waals surface area contributed by atoms with Crippen LogP contribution in [0.3, 0.4) is 0 Å². The van der Waals surface area contributed by atoms with E-state index >= 15 is 0 Å². The highest BCUT2D eigenvalue weighted by molar-refractivity contribution is 5.85. The fraction of sp³-hybridized carbons (Fsp3) is 0.700. The minimum absolute atomic E-state index is 0. The van der Waals surface area contributed by atoms with E-state index in [1.807, 2.05) is 6.08 Å². The molecule has 4 heteroatoms. The van der Waals surface area contributed by atoms with E-state index in [1.165, 1.54) is 7.11 Å². The third-order valence-electron chi connectivity index (χ3n) is 2.69. The number of hydrogen-bond acceptors (Lipinski definition) is 3. The van der Waals surface area contributed by atoms with Crippen LogP contribution in [0.1, 0.15) is 19.3 Å². The normalized spacial score (nSPS) is 25.2. The molecule has 1 N–H and O–H groups in total. The Morgan fingerprint density at radius 2 is 2.43 bits per heavy atom. The molecular formula is C10H18ClNO2. The van der Waals surface area contributed by atoms with Crippen LogP contribution in [0, 0.1) is 5.41 Å². The average molecular weight is 220 g/mol. The first-order chi connectivity index (χ1) is 6.25. The highest BCUT2D eigenvalue weighted by Crippen LogP contribution is 2.32. The number of halogens is 1. The van der Waals surface area contributed by atoms with Gasteiger partial charge in [0.2, 0.25) is 0 Å². The standard InChI is InChI=1S/C10H17NO2.ClH/c1-3-4-5-10(9(12)13-2)6-7-11-8-10;/h3,11H,1,4-8H2,2H3;1H. The first-order valence-electron chi connectivity index (χ1n) is 4.65. The Hall–Kier alpha value is -0.540. The van der Waals surface area contributed by atoms with Gasteiger partial charge in [-0.1, -0.05) is 6.08 Å². The van der Waals surface area contributed by atoms with Crippen LogP contribution in [-0.2, 0) is 9.53 Å². The molecule has 1 saturated heterocycles. The number of carbonyl (C=O) groups is 1. The summed E-state index contributed by atoms with van der Waals surface area (Å²) in [6, 6.07) is 0. The smallest absolute Gasteiger partial charge is 0.313 e. The van der Waals surface area contributed by atoms with E-state index in [9.17, 15) is 4.79 Å². The fourth-order valence-corrected chi connectivity index (χ4v) is 1.83. The lowest BCUT2D eigenvalue weighted by molar-refractivity contribution is -0.152. The quantitative estimate of drug-likeness (QED) is 0.576. The van der Waals surface area contributed by atoms with Crippen molar-refractivity contribution in [1.82, 2.24) is 5.32 Å². The van der Waals surface area contributed by atoms with E-state index in [4.69, 9.17) is 4.74 Å². The van der Waals surface area contributed by atoms with Crippen molar-refractivity contribution < 1.29 is 9.53 Å². The Morgan fingerprint density at radius 1 is 1.71 bits per heavy atom. The molecule has 1 aliphatic rings. The van der Waals surface area contributed by atoms with Gasteiger partial charge >= 0.3 is 5.97 Å². The third-order valence-corrected chi connectivity index (χ3v) is 2.69. The zero-order valence-corrected chi connectivity index (χ0v) is 9.36. The van der Waals surface area contributed by atoms with Gasteiger partial charge in [-0.25, -0.2) is 0 Å².